The van der Waals surface area contributed by atoms with Crippen LogP contribution in [0.25, 0.3) is 17.0 Å². The summed E-state index contributed by atoms with van der Waals surface area (Å²) in [5, 5.41) is 8.46. The molecule has 1 N–H and O–H groups in total. The average molecular weight is 493 g/mol. The van der Waals surface area contributed by atoms with Crippen LogP contribution in [0.1, 0.15) is 55.1 Å². The van der Waals surface area contributed by atoms with Crippen molar-refractivity contribution in [3.05, 3.63) is 29.2 Å². The molecule has 9 heteroatoms. The predicted octanol–water partition coefficient (Wildman–Crippen LogP) is 2.42. The SMILES string of the molecule is COCCNC(=O)C(=O)Cc1nn(C2C3CC4CC2CC(C(=O)OC)(C4)C3)c2c3c(ncc12)CC=C3. The number of amides is 1. The van der Waals surface area contributed by atoms with Crippen LogP contribution in [-0.2, 0) is 36.7 Å². The summed E-state index contributed by atoms with van der Waals surface area (Å²) in [7, 11) is 3.04. The van der Waals surface area contributed by atoms with Crippen LogP contribution in [0.3, 0.4) is 0 Å². The molecule has 5 aliphatic carbocycles. The summed E-state index contributed by atoms with van der Waals surface area (Å²) in [6.45, 7) is 0.627. The molecule has 2 heterocycles. The van der Waals surface area contributed by atoms with Crippen LogP contribution in [0.15, 0.2) is 12.3 Å². The number of ketones is 1. The van der Waals surface area contributed by atoms with Gasteiger partial charge in [0.25, 0.3) is 5.91 Å². The summed E-state index contributed by atoms with van der Waals surface area (Å²) in [5.74, 6) is -0.0165. The first-order chi connectivity index (χ1) is 17.4. The van der Waals surface area contributed by atoms with Crippen molar-refractivity contribution in [1.82, 2.24) is 20.1 Å². The van der Waals surface area contributed by atoms with E-state index >= 15 is 0 Å². The molecule has 4 bridgehead atoms. The summed E-state index contributed by atoms with van der Waals surface area (Å²) in [6.07, 6.45) is 11.4. The molecule has 0 aromatic carbocycles. The Morgan fingerprint density at radius 1 is 1.17 bits per heavy atom. The second-order valence-corrected chi connectivity index (χ2v) is 11.0. The number of allylic oxidation sites excluding steroid dienone is 1. The Balaban J connectivity index is 1.37. The second kappa shape index (κ2) is 8.80. The van der Waals surface area contributed by atoms with Gasteiger partial charge in [0.2, 0.25) is 5.78 Å². The van der Waals surface area contributed by atoms with Gasteiger partial charge in [0, 0.05) is 37.2 Å². The van der Waals surface area contributed by atoms with E-state index in [-0.39, 0.29) is 30.4 Å². The third-order valence-corrected chi connectivity index (χ3v) is 8.83. The highest BCUT2D eigenvalue weighted by Crippen LogP contribution is 2.64. The molecule has 0 radical (unpaired) electrons. The second-order valence-electron chi connectivity index (χ2n) is 11.0. The molecule has 4 fully saturated rings. The zero-order valence-corrected chi connectivity index (χ0v) is 20.8. The number of hydrogen-bond donors (Lipinski definition) is 1. The maximum atomic E-state index is 12.8. The summed E-state index contributed by atoms with van der Waals surface area (Å²) in [5.41, 5.74) is 3.28. The number of Topliss-reactive ketones (excluding diaryl/α,β-unsaturated/α-hetero) is 1. The van der Waals surface area contributed by atoms with E-state index in [2.05, 4.69) is 27.1 Å². The zero-order chi connectivity index (χ0) is 25.0. The Hall–Kier alpha value is -3.07. The number of ether oxygens (including phenoxy) is 2. The van der Waals surface area contributed by atoms with Crippen molar-refractivity contribution in [3.8, 4) is 0 Å². The first kappa shape index (κ1) is 23.3. The molecule has 36 heavy (non-hydrogen) atoms. The molecule has 9 nitrogen and oxygen atoms in total. The number of nitrogens with zero attached hydrogens (tertiary/aromatic N) is 3. The Kier molecular flexibility index (Phi) is 5.70. The van der Waals surface area contributed by atoms with Crippen molar-refractivity contribution in [1.29, 1.82) is 0 Å². The van der Waals surface area contributed by atoms with Gasteiger partial charge in [0.05, 0.1) is 48.5 Å². The lowest BCUT2D eigenvalue weighted by molar-refractivity contribution is -0.173. The number of hydrogen-bond acceptors (Lipinski definition) is 7. The van der Waals surface area contributed by atoms with E-state index in [9.17, 15) is 14.4 Å². The first-order valence-electron chi connectivity index (χ1n) is 12.9. The normalized spacial score (nSPS) is 29.5. The molecule has 0 aliphatic heterocycles. The molecule has 7 rings (SSSR count). The highest BCUT2D eigenvalue weighted by atomic mass is 16.5. The van der Waals surface area contributed by atoms with Gasteiger partial charge in [-0.3, -0.25) is 24.0 Å². The molecule has 1 amide bonds. The number of esters is 1. The molecular weight excluding hydrogens is 460 g/mol. The Labute approximate surface area is 209 Å². The number of carbonyl (C=O) groups is 3. The molecule has 2 atom stereocenters. The van der Waals surface area contributed by atoms with Crippen molar-refractivity contribution in [2.45, 2.75) is 51.0 Å². The maximum absolute atomic E-state index is 12.8. The van der Waals surface area contributed by atoms with Gasteiger partial charge >= 0.3 is 5.97 Å². The van der Waals surface area contributed by atoms with E-state index in [4.69, 9.17) is 14.6 Å². The molecule has 2 unspecified atom stereocenters. The highest BCUT2D eigenvalue weighted by Gasteiger charge is 2.60. The highest BCUT2D eigenvalue weighted by molar-refractivity contribution is 6.36. The van der Waals surface area contributed by atoms with Gasteiger partial charge in [-0.25, -0.2) is 0 Å². The van der Waals surface area contributed by atoms with Crippen LogP contribution in [0.5, 0.6) is 0 Å². The van der Waals surface area contributed by atoms with Gasteiger partial charge in [-0.05, 0) is 49.9 Å². The van der Waals surface area contributed by atoms with Gasteiger partial charge in [-0.15, -0.1) is 0 Å². The van der Waals surface area contributed by atoms with Crippen molar-refractivity contribution in [3.63, 3.8) is 0 Å². The van der Waals surface area contributed by atoms with Gasteiger partial charge in [0.1, 0.15) is 0 Å². The number of nitrogens with one attached hydrogen (secondary N) is 1. The van der Waals surface area contributed by atoms with Crippen molar-refractivity contribution in [2.24, 2.45) is 23.2 Å². The summed E-state index contributed by atoms with van der Waals surface area (Å²) < 4.78 is 12.3. The number of rotatable bonds is 8. The van der Waals surface area contributed by atoms with Crippen molar-refractivity contribution >= 4 is 34.6 Å². The number of fused-ring (bicyclic) bond motifs is 3. The van der Waals surface area contributed by atoms with Crippen LogP contribution in [0.2, 0.25) is 0 Å². The summed E-state index contributed by atoms with van der Waals surface area (Å²) >= 11 is 0. The van der Waals surface area contributed by atoms with Gasteiger partial charge < -0.3 is 14.8 Å². The minimum atomic E-state index is -0.626. The predicted molar refractivity (Wildman–Crippen MR) is 131 cm³/mol. The van der Waals surface area contributed by atoms with Crippen molar-refractivity contribution in [2.75, 3.05) is 27.4 Å². The van der Waals surface area contributed by atoms with Crippen LogP contribution in [-0.4, -0.2) is 59.8 Å². The Morgan fingerprint density at radius 3 is 2.67 bits per heavy atom. The standard InChI is InChI=1S/C27H32N4O5/c1-35-7-6-28-25(33)22(32)10-21-19-14-29-20-5-3-4-18(20)24(19)31(30-21)23-16-8-15-9-17(23)13-27(11-15,12-16)26(34)36-2/h3-4,14-17,23H,5-13H2,1-2H3,(H,28,33). The molecule has 5 aliphatic rings. The van der Waals surface area contributed by atoms with E-state index < -0.39 is 11.7 Å². The first-order valence-corrected chi connectivity index (χ1v) is 12.9. The number of carbonyl (C=O) groups excluding carboxylic acids is 3. The third-order valence-electron chi connectivity index (χ3n) is 8.83. The quantitative estimate of drug-likeness (QED) is 0.342. The van der Waals surface area contributed by atoms with Crippen LogP contribution >= 0.6 is 0 Å². The number of pyridine rings is 1. The van der Waals surface area contributed by atoms with Crippen LogP contribution < -0.4 is 5.32 Å². The van der Waals surface area contributed by atoms with E-state index in [0.717, 1.165) is 60.7 Å². The third kappa shape index (κ3) is 3.58. The minimum absolute atomic E-state index is 0.0653. The van der Waals surface area contributed by atoms with E-state index in [1.54, 1.807) is 7.11 Å². The fourth-order valence-corrected chi connectivity index (χ4v) is 7.68. The molecule has 2 aromatic rings. The summed E-state index contributed by atoms with van der Waals surface area (Å²) in [4.78, 5) is 42.6. The zero-order valence-electron chi connectivity index (χ0n) is 20.8. The Morgan fingerprint density at radius 2 is 1.94 bits per heavy atom. The van der Waals surface area contributed by atoms with Gasteiger partial charge in [-0.1, -0.05) is 12.2 Å². The van der Waals surface area contributed by atoms with Gasteiger partial charge in [0.15, 0.2) is 0 Å². The topological polar surface area (TPSA) is 112 Å². The molecule has 4 saturated carbocycles. The lowest BCUT2D eigenvalue weighted by Crippen LogP contribution is -2.54. The lowest BCUT2D eigenvalue weighted by Gasteiger charge is -2.58. The molecule has 0 saturated heterocycles. The fourth-order valence-electron chi connectivity index (χ4n) is 7.68. The number of methoxy groups -OCH3 is 2. The smallest absolute Gasteiger partial charge is 0.311 e. The fraction of sp³-hybridized carbons (Fsp3) is 0.593. The van der Waals surface area contributed by atoms with Crippen LogP contribution in [0.4, 0.5) is 0 Å². The van der Waals surface area contributed by atoms with E-state index in [0.29, 0.717) is 30.1 Å². The minimum Gasteiger partial charge on any atom is -0.469 e. The largest absolute Gasteiger partial charge is 0.469 e. The maximum Gasteiger partial charge on any atom is 0.311 e. The monoisotopic (exact) mass is 492 g/mol. The molecular formula is C27H32N4O5. The molecule has 2 aromatic heterocycles. The van der Waals surface area contributed by atoms with E-state index in [1.165, 1.54) is 7.11 Å². The molecule has 0 spiro atoms. The number of aromatic nitrogens is 3. The average Bonchev–Trinajstić information content (AvgIpc) is 3.48. The van der Waals surface area contributed by atoms with Crippen molar-refractivity contribution < 1.29 is 23.9 Å². The van der Waals surface area contributed by atoms with E-state index in [1.807, 2.05) is 6.20 Å². The van der Waals surface area contributed by atoms with Gasteiger partial charge in [-0.2, -0.15) is 5.10 Å². The van der Waals surface area contributed by atoms with Crippen LogP contribution in [0, 0.1) is 23.2 Å². The Bertz CT molecular complexity index is 1260. The lowest BCUT2D eigenvalue weighted by atomic mass is 9.48. The summed E-state index contributed by atoms with van der Waals surface area (Å²) in [6, 6.07) is 0.154. The molecule has 190 valence electrons.